The van der Waals surface area contributed by atoms with Crippen LogP contribution in [0.5, 0.6) is 5.75 Å². The van der Waals surface area contributed by atoms with Crippen molar-refractivity contribution in [2.24, 2.45) is 0 Å². The summed E-state index contributed by atoms with van der Waals surface area (Å²) in [5.74, 6) is 1.54. The molecule has 0 aliphatic heterocycles. The van der Waals surface area contributed by atoms with Crippen LogP contribution in [0.2, 0.25) is 0 Å². The fraction of sp³-hybridized carbons (Fsp3) is 0.444. The molecule has 74 valence electrons. The summed E-state index contributed by atoms with van der Waals surface area (Å²) in [4.78, 5) is 4.19. The van der Waals surface area contributed by atoms with E-state index in [0.717, 1.165) is 24.3 Å². The number of alkyl halides is 1. The molecule has 0 unspecified atom stereocenters. The van der Waals surface area contributed by atoms with Gasteiger partial charge in [-0.2, -0.15) is 0 Å². The molecule has 0 aromatic carbocycles. The number of rotatable bonds is 4. The normalized spacial score (nSPS) is 9.08. The van der Waals surface area contributed by atoms with Gasteiger partial charge in [0, 0.05) is 23.8 Å². The quantitative estimate of drug-likeness (QED) is 0.730. The molecule has 0 saturated carbocycles. The van der Waals surface area contributed by atoms with E-state index in [2.05, 4.69) is 4.98 Å². The van der Waals surface area contributed by atoms with Crippen LogP contribution in [0.4, 0.5) is 0 Å². The molecule has 0 saturated heterocycles. The van der Waals surface area contributed by atoms with Crippen LogP contribution < -0.4 is 4.74 Å². The van der Waals surface area contributed by atoms with Crippen LogP contribution in [0, 0.1) is 0 Å². The molecule has 1 aromatic rings. The number of hydrogen-bond acceptors (Lipinski definition) is 2. The number of nitrogens with zero attached hydrogens (tertiary/aromatic N) is 1. The zero-order valence-corrected chi connectivity index (χ0v) is 9.07. The first kappa shape index (κ1) is 12.5. The van der Waals surface area contributed by atoms with Gasteiger partial charge in [0.1, 0.15) is 5.75 Å². The van der Waals surface area contributed by atoms with Gasteiger partial charge in [-0.05, 0) is 18.9 Å². The van der Waals surface area contributed by atoms with Crippen LogP contribution in [0.3, 0.4) is 0 Å². The molecule has 0 amide bonds. The van der Waals surface area contributed by atoms with E-state index < -0.39 is 0 Å². The summed E-state index contributed by atoms with van der Waals surface area (Å²) in [6.45, 7) is 0. The predicted octanol–water partition coefficient (Wildman–Crippen LogP) is 2.68. The number of ether oxygens (including phenoxy) is 1. The average Bonchev–Trinajstić information content (AvgIpc) is 2.15. The van der Waals surface area contributed by atoms with E-state index in [4.69, 9.17) is 16.3 Å². The standard InChI is InChI=1S/C9H12ClNO.ClH/c1-12-9-4-6-11-8(7-9)3-2-5-10;/h4,6-7H,2-3,5H2,1H3;1H. The number of hydrogen-bond donors (Lipinski definition) is 0. The van der Waals surface area contributed by atoms with E-state index in [-0.39, 0.29) is 12.4 Å². The minimum Gasteiger partial charge on any atom is -0.497 e. The molecule has 0 fully saturated rings. The molecule has 0 N–H and O–H groups in total. The van der Waals surface area contributed by atoms with Gasteiger partial charge in [0.15, 0.2) is 0 Å². The van der Waals surface area contributed by atoms with Gasteiger partial charge >= 0.3 is 0 Å². The van der Waals surface area contributed by atoms with Crippen molar-refractivity contribution < 1.29 is 4.74 Å². The summed E-state index contributed by atoms with van der Waals surface area (Å²) in [5.41, 5.74) is 1.04. The van der Waals surface area contributed by atoms with Crippen molar-refractivity contribution in [2.45, 2.75) is 12.8 Å². The summed E-state index contributed by atoms with van der Waals surface area (Å²) in [6.07, 6.45) is 3.63. The molecule has 0 aliphatic rings. The van der Waals surface area contributed by atoms with E-state index in [1.165, 1.54) is 0 Å². The maximum Gasteiger partial charge on any atom is 0.122 e. The lowest BCUT2D eigenvalue weighted by atomic mass is 10.2. The summed E-state index contributed by atoms with van der Waals surface area (Å²) in [6, 6.07) is 3.77. The maximum absolute atomic E-state index is 5.57. The van der Waals surface area contributed by atoms with Crippen molar-refractivity contribution in [3.05, 3.63) is 24.0 Å². The van der Waals surface area contributed by atoms with Crippen molar-refractivity contribution in [3.8, 4) is 5.75 Å². The molecule has 1 rings (SSSR count). The Hall–Kier alpha value is -0.470. The summed E-state index contributed by atoms with van der Waals surface area (Å²) < 4.78 is 5.06. The van der Waals surface area contributed by atoms with Crippen molar-refractivity contribution in [2.75, 3.05) is 13.0 Å². The van der Waals surface area contributed by atoms with Crippen molar-refractivity contribution in [3.63, 3.8) is 0 Å². The largest absolute Gasteiger partial charge is 0.497 e. The highest BCUT2D eigenvalue weighted by Crippen LogP contribution is 2.11. The molecule has 4 heteroatoms. The van der Waals surface area contributed by atoms with Crippen LogP contribution in [0.25, 0.3) is 0 Å². The highest BCUT2D eigenvalue weighted by Gasteiger charge is 1.95. The van der Waals surface area contributed by atoms with Crippen LogP contribution in [-0.2, 0) is 6.42 Å². The first-order valence-electron chi connectivity index (χ1n) is 3.91. The Morgan fingerprint density at radius 3 is 2.92 bits per heavy atom. The second kappa shape index (κ2) is 6.98. The first-order chi connectivity index (χ1) is 5.86. The van der Waals surface area contributed by atoms with E-state index in [0.29, 0.717) is 5.88 Å². The van der Waals surface area contributed by atoms with E-state index in [9.17, 15) is 0 Å². The monoisotopic (exact) mass is 221 g/mol. The lowest BCUT2D eigenvalue weighted by Crippen LogP contribution is -1.92. The van der Waals surface area contributed by atoms with Crippen LogP contribution in [-0.4, -0.2) is 18.0 Å². The lowest BCUT2D eigenvalue weighted by Gasteiger charge is -2.01. The van der Waals surface area contributed by atoms with Gasteiger partial charge in [-0.25, -0.2) is 0 Å². The van der Waals surface area contributed by atoms with Gasteiger partial charge in [0.05, 0.1) is 7.11 Å². The Bertz CT molecular complexity index is 243. The maximum atomic E-state index is 5.57. The smallest absolute Gasteiger partial charge is 0.122 e. The molecule has 1 heterocycles. The molecule has 1 aromatic heterocycles. The van der Waals surface area contributed by atoms with Gasteiger partial charge < -0.3 is 4.74 Å². The number of pyridine rings is 1. The fourth-order valence-corrected chi connectivity index (χ4v) is 1.10. The zero-order valence-electron chi connectivity index (χ0n) is 7.50. The Kier molecular flexibility index (Phi) is 6.73. The highest BCUT2D eigenvalue weighted by atomic mass is 35.5. The molecule has 13 heavy (non-hydrogen) atoms. The topological polar surface area (TPSA) is 22.1 Å². The number of methoxy groups -OCH3 is 1. The van der Waals surface area contributed by atoms with Gasteiger partial charge in [-0.3, -0.25) is 4.98 Å². The van der Waals surface area contributed by atoms with Gasteiger partial charge in [0.25, 0.3) is 0 Å². The number of aryl methyl sites for hydroxylation is 1. The van der Waals surface area contributed by atoms with Gasteiger partial charge in [-0.1, -0.05) is 0 Å². The Morgan fingerprint density at radius 2 is 2.31 bits per heavy atom. The third-order valence-electron chi connectivity index (χ3n) is 1.59. The Labute approximate surface area is 89.7 Å². The summed E-state index contributed by atoms with van der Waals surface area (Å²) in [7, 11) is 1.65. The van der Waals surface area contributed by atoms with Crippen molar-refractivity contribution >= 4 is 24.0 Å². The lowest BCUT2D eigenvalue weighted by molar-refractivity contribution is 0.413. The molecule has 0 aliphatic carbocycles. The first-order valence-corrected chi connectivity index (χ1v) is 4.45. The SMILES string of the molecule is COc1ccnc(CCCCl)c1.Cl. The van der Waals surface area contributed by atoms with Crippen LogP contribution >= 0.6 is 24.0 Å². The minimum atomic E-state index is 0. The second-order valence-corrected chi connectivity index (χ2v) is 2.86. The fourth-order valence-electron chi connectivity index (χ4n) is 0.968. The third kappa shape index (κ3) is 4.34. The molecule has 0 bridgehead atoms. The van der Waals surface area contributed by atoms with Gasteiger partial charge in [-0.15, -0.1) is 24.0 Å². The third-order valence-corrected chi connectivity index (χ3v) is 1.86. The molecule has 0 radical (unpaired) electrons. The number of halogens is 2. The van der Waals surface area contributed by atoms with E-state index in [1.54, 1.807) is 13.3 Å². The van der Waals surface area contributed by atoms with E-state index >= 15 is 0 Å². The molecule has 0 spiro atoms. The van der Waals surface area contributed by atoms with Crippen LogP contribution in [0.1, 0.15) is 12.1 Å². The second-order valence-electron chi connectivity index (χ2n) is 2.48. The molecule has 2 nitrogen and oxygen atoms in total. The molecule has 0 atom stereocenters. The Morgan fingerprint density at radius 1 is 1.54 bits per heavy atom. The van der Waals surface area contributed by atoms with Gasteiger partial charge in [0.2, 0.25) is 0 Å². The van der Waals surface area contributed by atoms with Crippen molar-refractivity contribution in [1.29, 1.82) is 0 Å². The predicted molar refractivity (Wildman–Crippen MR) is 57.1 cm³/mol. The van der Waals surface area contributed by atoms with Crippen molar-refractivity contribution in [1.82, 2.24) is 4.98 Å². The average molecular weight is 222 g/mol. The number of aromatic nitrogens is 1. The van der Waals surface area contributed by atoms with Crippen LogP contribution in [0.15, 0.2) is 18.3 Å². The highest BCUT2D eigenvalue weighted by molar-refractivity contribution is 6.17. The molecular weight excluding hydrogens is 209 g/mol. The zero-order chi connectivity index (χ0) is 8.81. The summed E-state index contributed by atoms with van der Waals surface area (Å²) in [5, 5.41) is 0. The Balaban J connectivity index is 0.00000144. The molecular formula is C9H13Cl2NO. The minimum absolute atomic E-state index is 0. The summed E-state index contributed by atoms with van der Waals surface area (Å²) >= 11 is 5.57. The van der Waals surface area contributed by atoms with E-state index in [1.807, 2.05) is 12.1 Å².